The van der Waals surface area contributed by atoms with Crippen molar-refractivity contribution in [3.05, 3.63) is 0 Å². The third-order valence-corrected chi connectivity index (χ3v) is 5.89. The lowest BCUT2D eigenvalue weighted by atomic mass is 9.89. The van der Waals surface area contributed by atoms with E-state index in [0.29, 0.717) is 18.8 Å². The van der Waals surface area contributed by atoms with Crippen LogP contribution in [0.2, 0.25) is 0 Å². The van der Waals surface area contributed by atoms with E-state index in [4.69, 9.17) is 5.21 Å². The maximum atomic E-state index is 13.3. The Morgan fingerprint density at radius 2 is 2.00 bits per heavy atom. The van der Waals surface area contributed by atoms with Crippen LogP contribution in [0.25, 0.3) is 0 Å². The highest BCUT2D eigenvalue weighted by molar-refractivity contribution is 5.97. The molecular formula is C17H26N4O4. The molecule has 0 saturated heterocycles. The highest BCUT2D eigenvalue weighted by Gasteiger charge is 2.65. The summed E-state index contributed by atoms with van der Waals surface area (Å²) in [6.07, 6.45) is 6.99. The van der Waals surface area contributed by atoms with Gasteiger partial charge in [-0.15, -0.1) is 0 Å². The van der Waals surface area contributed by atoms with Crippen LogP contribution in [0, 0.1) is 17.3 Å². The SMILES string of the molecule is CN(C)C(=O)[C@@H]1CC=NN1C(=O)C1(CC(=O)NO)C[C@@H]1C1CCCC1. The van der Waals surface area contributed by atoms with Gasteiger partial charge in [-0.1, -0.05) is 25.7 Å². The van der Waals surface area contributed by atoms with Gasteiger partial charge in [-0.25, -0.2) is 10.5 Å². The molecule has 138 valence electrons. The minimum Gasteiger partial charge on any atom is -0.347 e. The zero-order valence-corrected chi connectivity index (χ0v) is 14.8. The number of nitrogens with zero attached hydrogens (tertiary/aromatic N) is 3. The lowest BCUT2D eigenvalue weighted by Crippen LogP contribution is -2.48. The zero-order chi connectivity index (χ0) is 18.2. The number of nitrogens with one attached hydrogen (secondary N) is 1. The monoisotopic (exact) mass is 350 g/mol. The summed E-state index contributed by atoms with van der Waals surface area (Å²) in [7, 11) is 3.30. The van der Waals surface area contributed by atoms with Crippen molar-refractivity contribution in [3.8, 4) is 0 Å². The van der Waals surface area contributed by atoms with Gasteiger partial charge in [0, 0.05) is 33.2 Å². The molecule has 2 aliphatic carbocycles. The Balaban J connectivity index is 1.81. The fourth-order valence-electron chi connectivity index (χ4n) is 4.50. The zero-order valence-electron chi connectivity index (χ0n) is 14.8. The van der Waals surface area contributed by atoms with E-state index in [9.17, 15) is 14.4 Å². The molecule has 2 N–H and O–H groups in total. The number of rotatable bonds is 5. The summed E-state index contributed by atoms with van der Waals surface area (Å²) in [4.78, 5) is 38.9. The highest BCUT2D eigenvalue weighted by Crippen LogP contribution is 2.63. The number of hydrogen-bond donors (Lipinski definition) is 2. The predicted molar refractivity (Wildman–Crippen MR) is 89.5 cm³/mol. The van der Waals surface area contributed by atoms with Crippen LogP contribution >= 0.6 is 0 Å². The Morgan fingerprint density at radius 1 is 1.32 bits per heavy atom. The first-order valence-corrected chi connectivity index (χ1v) is 8.91. The maximum Gasteiger partial charge on any atom is 0.250 e. The van der Waals surface area contributed by atoms with Gasteiger partial charge in [-0.3, -0.25) is 19.6 Å². The van der Waals surface area contributed by atoms with Gasteiger partial charge in [-0.2, -0.15) is 5.10 Å². The van der Waals surface area contributed by atoms with Crippen molar-refractivity contribution >= 4 is 23.9 Å². The van der Waals surface area contributed by atoms with Crippen molar-refractivity contribution in [1.29, 1.82) is 0 Å². The summed E-state index contributed by atoms with van der Waals surface area (Å²) >= 11 is 0. The molecule has 0 aromatic carbocycles. The minimum atomic E-state index is -0.839. The molecule has 0 bridgehead atoms. The Kier molecular flexibility index (Phi) is 4.81. The quantitative estimate of drug-likeness (QED) is 0.564. The smallest absolute Gasteiger partial charge is 0.250 e. The van der Waals surface area contributed by atoms with Crippen LogP contribution < -0.4 is 5.48 Å². The first-order valence-electron chi connectivity index (χ1n) is 8.91. The second-order valence-electron chi connectivity index (χ2n) is 7.65. The van der Waals surface area contributed by atoms with Crippen LogP contribution in [0.1, 0.15) is 44.9 Å². The Bertz CT molecular complexity index is 599. The summed E-state index contributed by atoms with van der Waals surface area (Å²) in [6, 6.07) is -0.638. The molecule has 8 heteroatoms. The van der Waals surface area contributed by atoms with Crippen molar-refractivity contribution in [3.63, 3.8) is 0 Å². The largest absolute Gasteiger partial charge is 0.347 e. The van der Waals surface area contributed by atoms with Crippen molar-refractivity contribution in [2.75, 3.05) is 14.1 Å². The first kappa shape index (κ1) is 17.8. The molecule has 0 aromatic heterocycles. The number of hydroxylamine groups is 1. The topological polar surface area (TPSA) is 102 Å². The number of hydrogen-bond acceptors (Lipinski definition) is 5. The van der Waals surface area contributed by atoms with Crippen molar-refractivity contribution in [2.45, 2.75) is 51.0 Å². The van der Waals surface area contributed by atoms with E-state index >= 15 is 0 Å². The third-order valence-electron chi connectivity index (χ3n) is 5.89. The molecule has 3 amide bonds. The van der Waals surface area contributed by atoms with E-state index < -0.39 is 17.4 Å². The summed E-state index contributed by atoms with van der Waals surface area (Å²) in [5, 5.41) is 14.3. The third kappa shape index (κ3) is 3.15. The van der Waals surface area contributed by atoms with Gasteiger partial charge >= 0.3 is 0 Å². The molecule has 1 heterocycles. The van der Waals surface area contributed by atoms with Gasteiger partial charge in [0.1, 0.15) is 6.04 Å². The summed E-state index contributed by atoms with van der Waals surface area (Å²) in [5.74, 6) is -0.434. The molecular weight excluding hydrogens is 324 g/mol. The fraction of sp³-hybridized carbons (Fsp3) is 0.765. The molecule has 0 radical (unpaired) electrons. The molecule has 2 fully saturated rings. The molecule has 1 aliphatic heterocycles. The van der Waals surface area contributed by atoms with E-state index in [1.807, 2.05) is 0 Å². The lowest BCUT2D eigenvalue weighted by molar-refractivity contribution is -0.149. The van der Waals surface area contributed by atoms with Crippen molar-refractivity contribution in [1.82, 2.24) is 15.4 Å². The van der Waals surface area contributed by atoms with Crippen molar-refractivity contribution in [2.24, 2.45) is 22.4 Å². The fourth-order valence-corrected chi connectivity index (χ4v) is 4.50. The standard InChI is InChI=1S/C17H26N4O4/c1-20(2)15(23)13-7-8-18-21(13)16(24)17(10-14(22)19-25)9-12(17)11-5-3-4-6-11/h8,11-13,25H,3-7,9-10H2,1-2H3,(H,19,22)/t12-,13+,17?/m1/s1. The van der Waals surface area contributed by atoms with Crippen LogP contribution in [0.15, 0.2) is 5.10 Å². The van der Waals surface area contributed by atoms with E-state index in [1.165, 1.54) is 9.91 Å². The average Bonchev–Trinajstić information content (AvgIpc) is 3.02. The van der Waals surface area contributed by atoms with Gasteiger partial charge in [0.2, 0.25) is 17.7 Å². The predicted octanol–water partition coefficient (Wildman–Crippen LogP) is 0.753. The molecule has 0 aromatic rings. The second-order valence-corrected chi connectivity index (χ2v) is 7.65. The molecule has 25 heavy (non-hydrogen) atoms. The van der Waals surface area contributed by atoms with Gasteiger partial charge in [0.25, 0.3) is 0 Å². The highest BCUT2D eigenvalue weighted by atomic mass is 16.5. The Hall–Kier alpha value is -1.96. The van der Waals surface area contributed by atoms with Crippen LogP contribution in [0.3, 0.4) is 0 Å². The number of amides is 3. The number of carbonyl (C=O) groups is 3. The molecule has 3 atom stereocenters. The molecule has 1 unspecified atom stereocenters. The van der Waals surface area contributed by atoms with Gasteiger partial charge in [0.05, 0.1) is 5.41 Å². The molecule has 8 nitrogen and oxygen atoms in total. The van der Waals surface area contributed by atoms with Crippen LogP contribution in [0.4, 0.5) is 0 Å². The molecule has 0 spiro atoms. The number of carbonyl (C=O) groups excluding carboxylic acids is 3. The lowest BCUT2D eigenvalue weighted by Gasteiger charge is -2.28. The Morgan fingerprint density at radius 3 is 2.60 bits per heavy atom. The number of hydrazone groups is 1. The van der Waals surface area contributed by atoms with Crippen molar-refractivity contribution < 1.29 is 19.6 Å². The maximum absolute atomic E-state index is 13.3. The summed E-state index contributed by atoms with van der Waals surface area (Å²) < 4.78 is 0. The second kappa shape index (κ2) is 6.74. The summed E-state index contributed by atoms with van der Waals surface area (Å²) in [6.45, 7) is 0. The summed E-state index contributed by atoms with van der Waals surface area (Å²) in [5.41, 5.74) is 0.808. The minimum absolute atomic E-state index is 0.0571. The van der Waals surface area contributed by atoms with Crippen LogP contribution in [-0.2, 0) is 14.4 Å². The van der Waals surface area contributed by atoms with E-state index in [-0.39, 0.29) is 24.2 Å². The molecule has 3 aliphatic rings. The van der Waals surface area contributed by atoms with E-state index in [2.05, 4.69) is 5.10 Å². The van der Waals surface area contributed by atoms with Crippen LogP contribution in [0.5, 0.6) is 0 Å². The first-order chi connectivity index (χ1) is 11.9. The molecule has 2 saturated carbocycles. The van der Waals surface area contributed by atoms with Gasteiger partial charge in [-0.05, 0) is 18.3 Å². The Labute approximate surface area is 147 Å². The van der Waals surface area contributed by atoms with E-state index in [1.54, 1.807) is 25.8 Å². The number of likely N-dealkylation sites (N-methyl/N-ethyl adjacent to an activating group) is 1. The van der Waals surface area contributed by atoms with Gasteiger partial charge < -0.3 is 4.90 Å². The van der Waals surface area contributed by atoms with Crippen LogP contribution in [-0.4, -0.2) is 59.2 Å². The van der Waals surface area contributed by atoms with E-state index in [0.717, 1.165) is 25.7 Å². The molecule has 3 rings (SSSR count). The normalized spacial score (nSPS) is 31.2. The average molecular weight is 350 g/mol. The van der Waals surface area contributed by atoms with Gasteiger partial charge in [0.15, 0.2) is 0 Å².